The molecular formula is C56H40N2. The lowest BCUT2D eigenvalue weighted by molar-refractivity contribution is 0.660. The van der Waals surface area contributed by atoms with Crippen molar-refractivity contribution in [2.75, 3.05) is 9.80 Å². The summed E-state index contributed by atoms with van der Waals surface area (Å²) in [6, 6.07) is 76.9. The van der Waals surface area contributed by atoms with Crippen molar-refractivity contribution < 1.29 is 0 Å². The molecule has 1 aliphatic heterocycles. The largest absolute Gasteiger partial charge is 0.310 e. The van der Waals surface area contributed by atoms with Gasteiger partial charge >= 0.3 is 0 Å². The van der Waals surface area contributed by atoms with Gasteiger partial charge in [-0.15, -0.1) is 0 Å². The monoisotopic (exact) mass is 740 g/mol. The highest BCUT2D eigenvalue weighted by molar-refractivity contribution is 6.01. The lowest BCUT2D eigenvalue weighted by atomic mass is 9.64. The molecule has 9 aromatic rings. The third-order valence-corrected chi connectivity index (χ3v) is 13.2. The zero-order chi connectivity index (χ0) is 38.6. The molecule has 12 rings (SSSR count). The molecule has 58 heavy (non-hydrogen) atoms. The molecule has 0 unspecified atom stereocenters. The van der Waals surface area contributed by atoms with Crippen LogP contribution in [0.5, 0.6) is 0 Å². The van der Waals surface area contributed by atoms with Gasteiger partial charge in [0.25, 0.3) is 0 Å². The summed E-state index contributed by atoms with van der Waals surface area (Å²) >= 11 is 0. The van der Waals surface area contributed by atoms with Crippen LogP contribution >= 0.6 is 0 Å². The first kappa shape index (κ1) is 33.0. The average molecular weight is 741 g/mol. The van der Waals surface area contributed by atoms with Crippen molar-refractivity contribution in [2.45, 2.75) is 24.7 Å². The molecule has 2 nitrogen and oxygen atoms in total. The molecule has 0 N–H and O–H groups in total. The van der Waals surface area contributed by atoms with E-state index in [9.17, 15) is 0 Å². The Kier molecular flexibility index (Phi) is 6.93. The van der Waals surface area contributed by atoms with Crippen molar-refractivity contribution in [1.29, 1.82) is 0 Å². The van der Waals surface area contributed by atoms with Gasteiger partial charge < -0.3 is 9.80 Å². The highest BCUT2D eigenvalue weighted by Crippen LogP contribution is 2.64. The lowest BCUT2D eigenvalue weighted by Crippen LogP contribution is -2.36. The van der Waals surface area contributed by atoms with E-state index >= 15 is 0 Å². The minimum atomic E-state index is -0.549. The van der Waals surface area contributed by atoms with Crippen LogP contribution in [0.3, 0.4) is 0 Å². The summed E-state index contributed by atoms with van der Waals surface area (Å²) in [4.78, 5) is 4.96. The maximum atomic E-state index is 2.51. The van der Waals surface area contributed by atoms with E-state index in [1.807, 2.05) is 0 Å². The van der Waals surface area contributed by atoms with E-state index in [-0.39, 0.29) is 5.41 Å². The van der Waals surface area contributed by atoms with Gasteiger partial charge in [0.2, 0.25) is 0 Å². The Bertz CT molecular complexity index is 3070. The van der Waals surface area contributed by atoms with Crippen LogP contribution in [0.1, 0.15) is 47.2 Å². The normalized spacial score (nSPS) is 14.6. The second-order valence-electron chi connectivity index (χ2n) is 16.5. The van der Waals surface area contributed by atoms with Crippen molar-refractivity contribution in [3.8, 4) is 22.3 Å². The van der Waals surface area contributed by atoms with E-state index < -0.39 is 5.41 Å². The van der Waals surface area contributed by atoms with Gasteiger partial charge in [0, 0.05) is 27.9 Å². The van der Waals surface area contributed by atoms with Crippen LogP contribution in [-0.4, -0.2) is 0 Å². The molecule has 2 aliphatic carbocycles. The minimum Gasteiger partial charge on any atom is -0.310 e. The van der Waals surface area contributed by atoms with Gasteiger partial charge in [0.1, 0.15) is 0 Å². The summed E-state index contributed by atoms with van der Waals surface area (Å²) in [5.74, 6) is 0. The van der Waals surface area contributed by atoms with Crippen molar-refractivity contribution in [3.05, 3.63) is 240 Å². The van der Waals surface area contributed by atoms with Gasteiger partial charge in [0.15, 0.2) is 0 Å². The summed E-state index contributed by atoms with van der Waals surface area (Å²) in [7, 11) is 0. The second kappa shape index (κ2) is 12.2. The summed E-state index contributed by atoms with van der Waals surface area (Å²) in [6.45, 7) is 4.74. The molecule has 274 valence electrons. The molecule has 0 atom stereocenters. The van der Waals surface area contributed by atoms with Gasteiger partial charge in [-0.1, -0.05) is 166 Å². The first-order chi connectivity index (χ1) is 28.5. The Morgan fingerprint density at radius 2 is 0.879 bits per heavy atom. The minimum absolute atomic E-state index is 0.129. The maximum absolute atomic E-state index is 2.51. The van der Waals surface area contributed by atoms with E-state index in [1.54, 1.807) is 0 Å². The van der Waals surface area contributed by atoms with E-state index in [0.717, 1.165) is 22.7 Å². The highest BCUT2D eigenvalue weighted by atomic mass is 15.2. The standard InChI is InChI=1S/C56H40N2/c1-55(2)46-24-10-8-22-42(46)44-33-31-39(35-50(44)55)57(52-30-16-18-37-17-6-7-21-41(37)52)40-32-34-45-43-23-9-11-25-47(43)56(51(45)36-40)48-26-12-14-28-53(48)58(38-19-4-3-5-20-38)54-29-15-13-27-49(54)56/h3-36H,1-2H3. The predicted molar refractivity (Wildman–Crippen MR) is 242 cm³/mol. The van der Waals surface area contributed by atoms with Crippen molar-refractivity contribution in [1.82, 2.24) is 0 Å². The van der Waals surface area contributed by atoms with E-state index in [1.165, 1.54) is 77.8 Å². The Hall–Kier alpha value is -7.16. The maximum Gasteiger partial charge on any atom is 0.0755 e. The first-order valence-electron chi connectivity index (χ1n) is 20.4. The Morgan fingerprint density at radius 1 is 0.379 bits per heavy atom. The van der Waals surface area contributed by atoms with Crippen molar-refractivity contribution in [2.24, 2.45) is 0 Å². The van der Waals surface area contributed by atoms with Crippen molar-refractivity contribution >= 4 is 44.9 Å². The number of anilines is 6. The number of hydrogen-bond acceptors (Lipinski definition) is 2. The van der Waals surface area contributed by atoms with Crippen LogP contribution in [0.25, 0.3) is 33.0 Å². The third kappa shape index (κ3) is 4.38. The molecule has 3 aliphatic rings. The first-order valence-corrected chi connectivity index (χ1v) is 20.4. The Labute approximate surface area is 339 Å². The third-order valence-electron chi connectivity index (χ3n) is 13.2. The molecule has 0 amide bonds. The molecule has 1 heterocycles. The quantitative estimate of drug-likeness (QED) is 0.177. The molecule has 0 fully saturated rings. The number of benzene rings is 9. The summed E-state index contributed by atoms with van der Waals surface area (Å²) in [5, 5.41) is 2.44. The topological polar surface area (TPSA) is 6.48 Å². The molecule has 0 saturated carbocycles. The smallest absolute Gasteiger partial charge is 0.0755 e. The number of hydrogen-bond donors (Lipinski definition) is 0. The van der Waals surface area contributed by atoms with E-state index in [0.29, 0.717) is 0 Å². The molecule has 0 radical (unpaired) electrons. The van der Waals surface area contributed by atoms with Crippen LogP contribution in [0.15, 0.2) is 206 Å². The van der Waals surface area contributed by atoms with Crippen molar-refractivity contribution in [3.63, 3.8) is 0 Å². The van der Waals surface area contributed by atoms with Gasteiger partial charge in [-0.05, 0) is 116 Å². The van der Waals surface area contributed by atoms with Crippen LogP contribution in [0, 0.1) is 0 Å². The van der Waals surface area contributed by atoms with Crippen LogP contribution in [0.4, 0.5) is 34.1 Å². The predicted octanol–water partition coefficient (Wildman–Crippen LogP) is 14.8. The van der Waals surface area contributed by atoms with Gasteiger partial charge in [-0.3, -0.25) is 0 Å². The fourth-order valence-electron chi connectivity index (χ4n) is 10.8. The fraction of sp³-hybridized carbons (Fsp3) is 0.0714. The van der Waals surface area contributed by atoms with Gasteiger partial charge in [-0.2, -0.15) is 0 Å². The number of fused-ring (bicyclic) bond motifs is 13. The Morgan fingerprint density at radius 3 is 1.59 bits per heavy atom. The molecule has 9 aromatic carbocycles. The summed E-state index contributed by atoms with van der Waals surface area (Å²) < 4.78 is 0. The molecule has 2 heteroatoms. The van der Waals surface area contributed by atoms with E-state index in [2.05, 4.69) is 230 Å². The number of nitrogens with zero attached hydrogens (tertiary/aromatic N) is 2. The van der Waals surface area contributed by atoms with Crippen LogP contribution in [0.2, 0.25) is 0 Å². The molecule has 0 aromatic heterocycles. The molecular weight excluding hydrogens is 701 g/mol. The van der Waals surface area contributed by atoms with Gasteiger partial charge in [0.05, 0.1) is 22.5 Å². The molecule has 0 bridgehead atoms. The molecule has 1 spiro atoms. The second-order valence-corrected chi connectivity index (χ2v) is 16.5. The SMILES string of the molecule is CC1(C)c2ccccc2-c2ccc(N(c3ccc4c(c3)C3(c5ccccc5-4)c4ccccc4N(c4ccccc4)c4ccccc43)c3cccc4ccccc34)cc21. The van der Waals surface area contributed by atoms with Crippen LogP contribution in [-0.2, 0) is 10.8 Å². The highest BCUT2D eigenvalue weighted by Gasteiger charge is 2.52. The summed E-state index contributed by atoms with van der Waals surface area (Å²) in [5.41, 5.74) is 19.5. The van der Waals surface area contributed by atoms with E-state index in [4.69, 9.17) is 0 Å². The van der Waals surface area contributed by atoms with Gasteiger partial charge in [-0.25, -0.2) is 0 Å². The average Bonchev–Trinajstić information content (AvgIpc) is 3.69. The number of rotatable bonds is 4. The summed E-state index contributed by atoms with van der Waals surface area (Å²) in [6.07, 6.45) is 0. The number of para-hydroxylation sites is 3. The van der Waals surface area contributed by atoms with Crippen LogP contribution < -0.4 is 9.80 Å². The fourth-order valence-corrected chi connectivity index (χ4v) is 10.8. The molecule has 0 saturated heterocycles. The lowest BCUT2D eigenvalue weighted by Gasteiger charge is -2.45. The Balaban J connectivity index is 1.15. The zero-order valence-electron chi connectivity index (χ0n) is 32.5. The zero-order valence-corrected chi connectivity index (χ0v) is 32.5.